The summed E-state index contributed by atoms with van der Waals surface area (Å²) in [6.07, 6.45) is 0. The van der Waals surface area contributed by atoms with Gasteiger partial charge in [0.25, 0.3) is 0 Å². The van der Waals surface area contributed by atoms with Crippen LogP contribution in [0.4, 0.5) is 0 Å². The van der Waals surface area contributed by atoms with E-state index in [0.29, 0.717) is 11.7 Å². The molecule has 0 saturated heterocycles. The highest BCUT2D eigenvalue weighted by Gasteiger charge is 2.24. The van der Waals surface area contributed by atoms with Gasteiger partial charge < -0.3 is 4.42 Å². The van der Waals surface area contributed by atoms with Crippen molar-refractivity contribution in [2.24, 2.45) is 0 Å². The van der Waals surface area contributed by atoms with E-state index in [-0.39, 0.29) is 0 Å². The van der Waals surface area contributed by atoms with Crippen molar-refractivity contribution in [2.45, 2.75) is 0 Å². The highest BCUT2D eigenvalue weighted by atomic mass is 16.3. The van der Waals surface area contributed by atoms with E-state index in [4.69, 9.17) is 14.4 Å². The standard InChI is InChI=1S/C44H25N3O/c1-5-15-30-26(11-1)22-24-37-39(30)35-23-21-27-12-2-6-16-31(27)42(35)47(37)44-45-41(40-34-19-9-10-20-38(34)48-43(40)46-44)36-25-28-13-3-4-14-29(28)32-17-7-8-18-33(32)36/h1-25H. The third kappa shape index (κ3) is 3.43. The number of para-hydroxylation sites is 1. The fraction of sp³-hybridized carbons (Fsp3) is 0. The van der Waals surface area contributed by atoms with Crippen molar-refractivity contribution in [3.8, 4) is 17.2 Å². The first-order valence-corrected chi connectivity index (χ1v) is 16.3. The molecule has 4 heteroatoms. The van der Waals surface area contributed by atoms with Crippen LogP contribution in [0.2, 0.25) is 0 Å². The Bertz CT molecular complexity index is 3130. The molecule has 8 aromatic carbocycles. The summed E-state index contributed by atoms with van der Waals surface area (Å²) >= 11 is 0. The predicted octanol–water partition coefficient (Wildman–Crippen LogP) is 11.8. The SMILES string of the molecule is c1ccc2c(c1)cc(-c1nc(-n3c4ccc5ccccc5c4c4ccc5ccccc5c43)nc3oc4ccccc4c13)c1ccccc12. The molecule has 3 aromatic heterocycles. The molecular formula is C44H25N3O. The van der Waals surface area contributed by atoms with E-state index in [1.807, 2.05) is 12.1 Å². The average Bonchev–Trinajstić information content (AvgIpc) is 3.70. The number of nitrogens with zero attached hydrogens (tertiary/aromatic N) is 3. The second kappa shape index (κ2) is 9.50. The molecule has 0 spiro atoms. The summed E-state index contributed by atoms with van der Waals surface area (Å²) in [5.41, 5.74) is 5.43. The maximum atomic E-state index is 6.57. The molecule has 4 nitrogen and oxygen atoms in total. The average molecular weight is 612 g/mol. The van der Waals surface area contributed by atoms with Crippen molar-refractivity contribution in [3.63, 3.8) is 0 Å². The van der Waals surface area contributed by atoms with Gasteiger partial charge in [0, 0.05) is 27.1 Å². The van der Waals surface area contributed by atoms with Crippen molar-refractivity contribution in [1.29, 1.82) is 0 Å². The Morgan fingerprint density at radius 2 is 1.06 bits per heavy atom. The van der Waals surface area contributed by atoms with Crippen LogP contribution in [0.5, 0.6) is 0 Å². The van der Waals surface area contributed by atoms with Crippen LogP contribution < -0.4 is 0 Å². The van der Waals surface area contributed by atoms with Crippen LogP contribution in [-0.4, -0.2) is 14.5 Å². The third-order valence-electron chi connectivity index (χ3n) is 9.99. The number of furan rings is 1. The molecule has 0 aliphatic carbocycles. The molecule has 0 bridgehead atoms. The maximum Gasteiger partial charge on any atom is 0.238 e. The summed E-state index contributed by atoms with van der Waals surface area (Å²) in [7, 11) is 0. The van der Waals surface area contributed by atoms with E-state index in [0.717, 1.165) is 49.4 Å². The van der Waals surface area contributed by atoms with E-state index >= 15 is 0 Å². The van der Waals surface area contributed by atoms with E-state index in [1.54, 1.807) is 0 Å². The summed E-state index contributed by atoms with van der Waals surface area (Å²) in [6.45, 7) is 0. The molecule has 0 N–H and O–H groups in total. The number of hydrogen-bond acceptors (Lipinski definition) is 3. The highest BCUT2D eigenvalue weighted by Crippen LogP contribution is 2.43. The second-order valence-electron chi connectivity index (χ2n) is 12.5. The van der Waals surface area contributed by atoms with E-state index < -0.39 is 0 Å². The minimum absolute atomic E-state index is 0.574. The Morgan fingerprint density at radius 1 is 0.438 bits per heavy atom. The van der Waals surface area contributed by atoms with Gasteiger partial charge in [-0.2, -0.15) is 4.98 Å². The fourth-order valence-electron chi connectivity index (χ4n) is 7.91. The third-order valence-corrected chi connectivity index (χ3v) is 9.99. The molecule has 0 radical (unpaired) electrons. The molecule has 0 amide bonds. The Balaban J connectivity index is 1.36. The maximum absolute atomic E-state index is 6.57. The zero-order chi connectivity index (χ0) is 31.3. The lowest BCUT2D eigenvalue weighted by atomic mass is 9.94. The first-order valence-electron chi connectivity index (χ1n) is 16.3. The first kappa shape index (κ1) is 25.6. The van der Waals surface area contributed by atoms with Crippen LogP contribution >= 0.6 is 0 Å². The minimum atomic E-state index is 0.574. The van der Waals surface area contributed by atoms with Crippen molar-refractivity contribution in [2.75, 3.05) is 0 Å². The van der Waals surface area contributed by atoms with Crippen molar-refractivity contribution in [1.82, 2.24) is 14.5 Å². The molecule has 11 rings (SSSR count). The summed E-state index contributed by atoms with van der Waals surface area (Å²) < 4.78 is 8.82. The van der Waals surface area contributed by atoms with Crippen LogP contribution in [0.25, 0.3) is 104 Å². The number of fused-ring (bicyclic) bond motifs is 13. The Morgan fingerprint density at radius 3 is 1.90 bits per heavy atom. The largest absolute Gasteiger partial charge is 0.437 e. The molecule has 48 heavy (non-hydrogen) atoms. The Hall–Kier alpha value is -6.52. The van der Waals surface area contributed by atoms with Gasteiger partial charge in [-0.1, -0.05) is 133 Å². The molecular weight excluding hydrogens is 587 g/mol. The van der Waals surface area contributed by atoms with Gasteiger partial charge in [-0.15, -0.1) is 0 Å². The van der Waals surface area contributed by atoms with E-state index in [2.05, 4.69) is 144 Å². The van der Waals surface area contributed by atoms with Gasteiger partial charge in [0.15, 0.2) is 0 Å². The lowest BCUT2D eigenvalue weighted by Crippen LogP contribution is -2.03. The minimum Gasteiger partial charge on any atom is -0.437 e. The van der Waals surface area contributed by atoms with Crippen LogP contribution in [0.3, 0.4) is 0 Å². The van der Waals surface area contributed by atoms with Gasteiger partial charge in [-0.25, -0.2) is 4.98 Å². The predicted molar refractivity (Wildman–Crippen MR) is 199 cm³/mol. The molecule has 0 saturated carbocycles. The lowest BCUT2D eigenvalue weighted by molar-refractivity contribution is 0.651. The summed E-state index contributed by atoms with van der Waals surface area (Å²) in [5, 5.41) is 13.8. The normalized spacial score (nSPS) is 12.2. The lowest BCUT2D eigenvalue weighted by Gasteiger charge is -2.14. The molecule has 0 unspecified atom stereocenters. The van der Waals surface area contributed by atoms with Crippen LogP contribution in [0.15, 0.2) is 156 Å². The number of hydrogen-bond donors (Lipinski definition) is 0. The second-order valence-corrected chi connectivity index (χ2v) is 12.5. The monoisotopic (exact) mass is 611 g/mol. The van der Waals surface area contributed by atoms with Crippen molar-refractivity contribution < 1.29 is 4.42 Å². The van der Waals surface area contributed by atoms with E-state index in [1.165, 1.54) is 43.1 Å². The Kier molecular flexibility index (Phi) is 5.08. The number of aromatic nitrogens is 3. The van der Waals surface area contributed by atoms with Crippen molar-refractivity contribution >= 4 is 87.0 Å². The molecule has 0 aliphatic rings. The number of rotatable bonds is 2. The molecule has 0 aliphatic heterocycles. The molecule has 0 atom stereocenters. The van der Waals surface area contributed by atoms with Gasteiger partial charge in [0.2, 0.25) is 11.7 Å². The van der Waals surface area contributed by atoms with Gasteiger partial charge in [0.05, 0.1) is 22.1 Å². The quantitative estimate of drug-likeness (QED) is 0.183. The molecule has 222 valence electrons. The smallest absolute Gasteiger partial charge is 0.238 e. The summed E-state index contributed by atoms with van der Waals surface area (Å²) in [4.78, 5) is 10.8. The summed E-state index contributed by atoms with van der Waals surface area (Å²) in [5.74, 6) is 0.584. The van der Waals surface area contributed by atoms with Gasteiger partial charge in [-0.3, -0.25) is 4.57 Å². The van der Waals surface area contributed by atoms with Gasteiger partial charge in [-0.05, 0) is 55.9 Å². The zero-order valence-corrected chi connectivity index (χ0v) is 25.7. The van der Waals surface area contributed by atoms with Crippen molar-refractivity contribution in [3.05, 3.63) is 152 Å². The van der Waals surface area contributed by atoms with Gasteiger partial charge >= 0.3 is 0 Å². The molecule has 3 heterocycles. The first-order chi connectivity index (χ1) is 23.8. The summed E-state index contributed by atoms with van der Waals surface area (Å²) in [6, 6.07) is 53.7. The fourth-order valence-corrected chi connectivity index (χ4v) is 7.91. The van der Waals surface area contributed by atoms with E-state index in [9.17, 15) is 0 Å². The van der Waals surface area contributed by atoms with Gasteiger partial charge in [0.1, 0.15) is 5.58 Å². The molecule has 0 fully saturated rings. The highest BCUT2D eigenvalue weighted by molar-refractivity contribution is 6.26. The van der Waals surface area contributed by atoms with Crippen LogP contribution in [-0.2, 0) is 0 Å². The topological polar surface area (TPSA) is 43.9 Å². The Labute approximate surface area is 274 Å². The van der Waals surface area contributed by atoms with Crippen LogP contribution in [0, 0.1) is 0 Å². The zero-order valence-electron chi connectivity index (χ0n) is 25.7. The van der Waals surface area contributed by atoms with Crippen LogP contribution in [0.1, 0.15) is 0 Å². The number of benzene rings is 8. The molecule has 11 aromatic rings.